The summed E-state index contributed by atoms with van der Waals surface area (Å²) in [6.45, 7) is 6.35. The van der Waals surface area contributed by atoms with E-state index in [1.54, 1.807) is 24.1 Å². The Kier molecular flexibility index (Phi) is 7.01. The van der Waals surface area contributed by atoms with Gasteiger partial charge in [-0.3, -0.25) is 4.79 Å². The van der Waals surface area contributed by atoms with Gasteiger partial charge in [0.1, 0.15) is 6.10 Å². The molecule has 11 heteroatoms. The molecule has 10 nitrogen and oxygen atoms in total. The average Bonchev–Trinajstić information content (AvgIpc) is 3.46. The minimum Gasteiger partial charge on any atom is -0.445 e. The number of rotatable bonds is 9. The molecule has 1 aromatic carbocycles. The second kappa shape index (κ2) is 9.92. The van der Waals surface area contributed by atoms with Crippen LogP contribution in [-0.4, -0.2) is 81.9 Å². The molecule has 198 valence electrons. The van der Waals surface area contributed by atoms with Crippen molar-refractivity contribution in [1.29, 1.82) is 0 Å². The van der Waals surface area contributed by atoms with Gasteiger partial charge in [-0.05, 0) is 42.5 Å². The molecule has 0 radical (unpaired) electrons. The number of carbonyl (C=O) groups excluding carboxylic acids is 2. The van der Waals surface area contributed by atoms with Crippen molar-refractivity contribution >= 4 is 22.0 Å². The second-order valence-corrected chi connectivity index (χ2v) is 12.7. The van der Waals surface area contributed by atoms with E-state index >= 15 is 0 Å². The lowest BCUT2D eigenvalue weighted by Gasteiger charge is -2.27. The Labute approximate surface area is 212 Å². The van der Waals surface area contributed by atoms with Crippen molar-refractivity contribution in [3.05, 3.63) is 29.3 Å². The maximum atomic E-state index is 13.5. The zero-order valence-corrected chi connectivity index (χ0v) is 21.8. The van der Waals surface area contributed by atoms with Crippen LogP contribution < -0.4 is 5.32 Å². The van der Waals surface area contributed by atoms with Crippen LogP contribution in [0, 0.1) is 23.7 Å². The Morgan fingerprint density at radius 1 is 1.25 bits per heavy atom. The normalized spacial score (nSPS) is 28.8. The molecule has 0 aromatic heterocycles. The van der Waals surface area contributed by atoms with Crippen LogP contribution in [-0.2, 0) is 30.8 Å². The molecule has 1 saturated carbocycles. The number of nitrogens with zero attached hydrogens (tertiary/aromatic N) is 2. The molecule has 1 N–H and O–H groups in total. The Bertz CT molecular complexity index is 1120. The van der Waals surface area contributed by atoms with Crippen LogP contribution in [0.25, 0.3) is 0 Å². The summed E-state index contributed by atoms with van der Waals surface area (Å²) >= 11 is 0. The van der Waals surface area contributed by atoms with E-state index in [2.05, 4.69) is 5.32 Å². The molecule has 1 aromatic rings. The highest BCUT2D eigenvalue weighted by Crippen LogP contribution is 2.49. The van der Waals surface area contributed by atoms with Gasteiger partial charge in [0, 0.05) is 56.5 Å². The summed E-state index contributed by atoms with van der Waals surface area (Å²) in [6.07, 6.45) is 0.556. The van der Waals surface area contributed by atoms with E-state index < -0.39 is 16.1 Å². The predicted octanol–water partition coefficient (Wildman–Crippen LogP) is 2.04. The number of alkyl carbamates (subject to hydrolysis) is 1. The first kappa shape index (κ1) is 25.4. The number of amides is 2. The molecular weight excluding hydrogens is 486 g/mol. The maximum Gasteiger partial charge on any atom is 0.407 e. The van der Waals surface area contributed by atoms with Gasteiger partial charge in [-0.15, -0.1) is 0 Å². The van der Waals surface area contributed by atoms with E-state index in [0.717, 1.165) is 12.0 Å². The van der Waals surface area contributed by atoms with Crippen LogP contribution >= 0.6 is 0 Å². The van der Waals surface area contributed by atoms with Gasteiger partial charge in [-0.2, -0.15) is 4.31 Å². The van der Waals surface area contributed by atoms with Gasteiger partial charge < -0.3 is 24.4 Å². The van der Waals surface area contributed by atoms with Crippen molar-refractivity contribution in [3.8, 4) is 0 Å². The highest BCUT2D eigenvalue weighted by molar-refractivity contribution is 7.89. The molecule has 3 heterocycles. The van der Waals surface area contributed by atoms with Crippen molar-refractivity contribution in [1.82, 2.24) is 14.5 Å². The molecule has 2 bridgehead atoms. The summed E-state index contributed by atoms with van der Waals surface area (Å²) in [5, 5.41) is 2.78. The third kappa shape index (κ3) is 4.73. The van der Waals surface area contributed by atoms with Gasteiger partial charge in [0.2, 0.25) is 10.0 Å². The largest absolute Gasteiger partial charge is 0.445 e. The van der Waals surface area contributed by atoms with Gasteiger partial charge >= 0.3 is 6.09 Å². The predicted molar refractivity (Wildman–Crippen MR) is 130 cm³/mol. The average molecular weight is 522 g/mol. The third-order valence-corrected chi connectivity index (χ3v) is 9.51. The molecule has 5 unspecified atom stereocenters. The molecule has 2 saturated heterocycles. The molecule has 5 rings (SSSR count). The summed E-state index contributed by atoms with van der Waals surface area (Å²) in [4.78, 5) is 26.4. The number of fused-ring (bicyclic) bond motifs is 2. The van der Waals surface area contributed by atoms with E-state index in [-0.39, 0.29) is 47.5 Å². The van der Waals surface area contributed by atoms with Crippen molar-refractivity contribution in [2.75, 3.05) is 39.9 Å². The fourth-order valence-corrected chi connectivity index (χ4v) is 7.62. The smallest absolute Gasteiger partial charge is 0.407 e. The molecule has 5 atom stereocenters. The van der Waals surface area contributed by atoms with Crippen molar-refractivity contribution in [3.63, 3.8) is 0 Å². The van der Waals surface area contributed by atoms with Crippen LogP contribution in [0.1, 0.15) is 42.6 Å². The lowest BCUT2D eigenvalue weighted by Crippen LogP contribution is -2.39. The first-order chi connectivity index (χ1) is 17.1. The van der Waals surface area contributed by atoms with E-state index in [1.807, 2.05) is 13.8 Å². The van der Waals surface area contributed by atoms with Crippen molar-refractivity contribution in [2.24, 2.45) is 23.7 Å². The highest BCUT2D eigenvalue weighted by Gasteiger charge is 2.56. The topological polar surface area (TPSA) is 114 Å². The van der Waals surface area contributed by atoms with Gasteiger partial charge in [-0.1, -0.05) is 13.8 Å². The zero-order valence-electron chi connectivity index (χ0n) is 21.0. The molecule has 1 aliphatic carbocycles. The molecule has 0 spiro atoms. The third-order valence-electron chi connectivity index (χ3n) is 7.65. The fourth-order valence-electron chi connectivity index (χ4n) is 5.93. The number of ether oxygens (including phenoxy) is 3. The SMILES string of the molecule is CC(C)CN(CCCNC(=O)OC1C2COC3OCC1C3C2)S(=O)(=O)c1ccc2c(c1)CN(C)C2=O. The number of hydrogen-bond acceptors (Lipinski definition) is 7. The number of benzene rings is 1. The monoisotopic (exact) mass is 521 g/mol. The number of carbonyl (C=O) groups is 2. The summed E-state index contributed by atoms with van der Waals surface area (Å²) in [5.74, 6) is 0.720. The van der Waals surface area contributed by atoms with Crippen molar-refractivity contribution < 1.29 is 32.2 Å². The molecule has 2 amide bonds. The minimum atomic E-state index is -3.76. The van der Waals surface area contributed by atoms with Crippen LogP contribution in [0.2, 0.25) is 0 Å². The van der Waals surface area contributed by atoms with Crippen LogP contribution in [0.3, 0.4) is 0 Å². The quantitative estimate of drug-likeness (QED) is 0.495. The number of sulfonamides is 1. The van der Waals surface area contributed by atoms with Gasteiger partial charge in [0.25, 0.3) is 5.91 Å². The lowest BCUT2D eigenvalue weighted by atomic mass is 9.98. The van der Waals surface area contributed by atoms with E-state index in [9.17, 15) is 18.0 Å². The van der Waals surface area contributed by atoms with E-state index in [1.165, 1.54) is 10.4 Å². The van der Waals surface area contributed by atoms with Gasteiger partial charge in [0.05, 0.1) is 18.1 Å². The Balaban J connectivity index is 1.16. The van der Waals surface area contributed by atoms with E-state index in [0.29, 0.717) is 50.8 Å². The minimum absolute atomic E-state index is 0.0974. The van der Waals surface area contributed by atoms with Crippen LogP contribution in [0.5, 0.6) is 0 Å². The summed E-state index contributed by atoms with van der Waals surface area (Å²) in [6, 6.07) is 4.71. The molecule has 36 heavy (non-hydrogen) atoms. The maximum absolute atomic E-state index is 13.5. The zero-order chi connectivity index (χ0) is 25.6. The Morgan fingerprint density at radius 3 is 2.81 bits per heavy atom. The van der Waals surface area contributed by atoms with Crippen LogP contribution in [0.4, 0.5) is 4.79 Å². The molecule has 3 aliphatic heterocycles. The first-order valence-electron chi connectivity index (χ1n) is 12.7. The molecular formula is C25H35N3O7S. The number of nitrogens with one attached hydrogen (secondary N) is 1. The Morgan fingerprint density at radius 2 is 2.03 bits per heavy atom. The molecule has 3 fully saturated rings. The summed E-state index contributed by atoms with van der Waals surface area (Å²) < 4.78 is 45.5. The molecule has 4 aliphatic rings. The summed E-state index contributed by atoms with van der Waals surface area (Å²) in [5.41, 5.74) is 1.27. The van der Waals surface area contributed by atoms with Crippen molar-refractivity contribution in [2.45, 2.75) is 50.5 Å². The number of hydrogen-bond donors (Lipinski definition) is 1. The lowest BCUT2D eigenvalue weighted by molar-refractivity contribution is -0.169. The first-order valence-corrected chi connectivity index (χ1v) is 14.2. The van der Waals surface area contributed by atoms with Gasteiger partial charge in [-0.25, -0.2) is 13.2 Å². The Hall–Kier alpha value is -2.21. The van der Waals surface area contributed by atoms with Gasteiger partial charge in [0.15, 0.2) is 6.29 Å². The fraction of sp³-hybridized carbons (Fsp3) is 0.680. The van der Waals surface area contributed by atoms with E-state index in [4.69, 9.17) is 14.2 Å². The summed E-state index contributed by atoms with van der Waals surface area (Å²) in [7, 11) is -2.06. The second-order valence-electron chi connectivity index (χ2n) is 10.7. The highest BCUT2D eigenvalue weighted by atomic mass is 32.2. The standard InChI is InChI=1S/C25H35N3O7S/c1-15(2)11-28(36(31,32)18-5-6-19-16(9-18)12-27(3)23(19)29)8-4-7-26-25(30)35-22-17-10-20-21(22)14-34-24(20)33-13-17/h5-6,9,15,17,20-22,24H,4,7-8,10-14H2,1-3H3,(H,26,30). The van der Waals surface area contributed by atoms with Crippen LogP contribution in [0.15, 0.2) is 23.1 Å².